The number of hydrogen-bond acceptors (Lipinski definition) is 2. The minimum absolute atomic E-state index is 0.349. The van der Waals surface area contributed by atoms with Gasteiger partial charge in [0.2, 0.25) is 0 Å². The SMILES string of the molecule is CCCCC(CN(CC)CC)OC(C)C. The summed E-state index contributed by atoms with van der Waals surface area (Å²) >= 11 is 0. The first-order chi connectivity index (χ1) is 7.13. The molecule has 0 radical (unpaired) electrons. The van der Waals surface area contributed by atoms with Crippen LogP contribution in [0.1, 0.15) is 53.9 Å². The summed E-state index contributed by atoms with van der Waals surface area (Å²) in [4.78, 5) is 2.45. The molecular weight excluding hydrogens is 186 g/mol. The van der Waals surface area contributed by atoms with E-state index in [1.54, 1.807) is 0 Å². The van der Waals surface area contributed by atoms with Crippen LogP contribution in [-0.4, -0.2) is 36.7 Å². The Balaban J connectivity index is 3.97. The first-order valence-corrected chi connectivity index (χ1v) is 6.51. The summed E-state index contributed by atoms with van der Waals surface area (Å²) in [5, 5.41) is 0. The largest absolute Gasteiger partial charge is 0.374 e. The minimum atomic E-state index is 0.349. The summed E-state index contributed by atoms with van der Waals surface area (Å²) in [6, 6.07) is 0. The second kappa shape index (κ2) is 9.17. The Morgan fingerprint density at radius 2 is 1.67 bits per heavy atom. The molecule has 0 amide bonds. The van der Waals surface area contributed by atoms with Gasteiger partial charge < -0.3 is 9.64 Å². The van der Waals surface area contributed by atoms with Crippen molar-refractivity contribution in [1.82, 2.24) is 4.90 Å². The van der Waals surface area contributed by atoms with E-state index in [4.69, 9.17) is 4.74 Å². The Morgan fingerprint density at radius 1 is 1.07 bits per heavy atom. The van der Waals surface area contributed by atoms with Crippen molar-refractivity contribution in [1.29, 1.82) is 0 Å². The predicted molar refractivity (Wildman–Crippen MR) is 67.3 cm³/mol. The lowest BCUT2D eigenvalue weighted by Gasteiger charge is -2.27. The molecule has 0 aromatic rings. The highest BCUT2D eigenvalue weighted by Gasteiger charge is 2.13. The van der Waals surface area contributed by atoms with Gasteiger partial charge in [0.1, 0.15) is 0 Å². The van der Waals surface area contributed by atoms with Crippen molar-refractivity contribution in [2.45, 2.75) is 66.1 Å². The Hall–Kier alpha value is -0.0800. The Labute approximate surface area is 96.0 Å². The molecule has 0 saturated heterocycles. The van der Waals surface area contributed by atoms with Gasteiger partial charge in [0, 0.05) is 6.54 Å². The third-order valence-corrected chi connectivity index (χ3v) is 2.70. The summed E-state index contributed by atoms with van der Waals surface area (Å²) in [5.74, 6) is 0. The van der Waals surface area contributed by atoms with Gasteiger partial charge in [0.25, 0.3) is 0 Å². The molecule has 15 heavy (non-hydrogen) atoms. The number of likely N-dealkylation sites (N-methyl/N-ethyl adjacent to an activating group) is 1. The van der Waals surface area contributed by atoms with E-state index < -0.39 is 0 Å². The number of ether oxygens (including phenoxy) is 1. The van der Waals surface area contributed by atoms with Crippen molar-refractivity contribution < 1.29 is 4.74 Å². The number of hydrogen-bond donors (Lipinski definition) is 0. The van der Waals surface area contributed by atoms with E-state index in [1.807, 2.05) is 0 Å². The van der Waals surface area contributed by atoms with Gasteiger partial charge in [-0.25, -0.2) is 0 Å². The number of unbranched alkanes of at least 4 members (excludes halogenated alkanes) is 1. The van der Waals surface area contributed by atoms with E-state index in [9.17, 15) is 0 Å². The summed E-state index contributed by atoms with van der Waals surface area (Å²) in [6.45, 7) is 14.3. The third-order valence-electron chi connectivity index (χ3n) is 2.70. The highest BCUT2D eigenvalue weighted by Crippen LogP contribution is 2.09. The third kappa shape index (κ3) is 7.80. The Bertz CT molecular complexity index is 132. The van der Waals surface area contributed by atoms with Crippen LogP contribution >= 0.6 is 0 Å². The smallest absolute Gasteiger partial charge is 0.0705 e. The summed E-state index contributed by atoms with van der Waals surface area (Å²) in [6.07, 6.45) is 4.51. The highest BCUT2D eigenvalue weighted by atomic mass is 16.5. The van der Waals surface area contributed by atoms with Crippen molar-refractivity contribution in [3.8, 4) is 0 Å². The minimum Gasteiger partial charge on any atom is -0.374 e. The van der Waals surface area contributed by atoms with E-state index in [-0.39, 0.29) is 0 Å². The molecule has 0 bridgehead atoms. The molecule has 0 aromatic heterocycles. The molecule has 0 fully saturated rings. The van der Waals surface area contributed by atoms with Gasteiger partial charge in [-0.3, -0.25) is 0 Å². The number of rotatable bonds is 9. The van der Waals surface area contributed by atoms with E-state index in [2.05, 4.69) is 39.5 Å². The van der Waals surface area contributed by atoms with E-state index in [0.29, 0.717) is 12.2 Å². The normalized spacial score (nSPS) is 13.8. The standard InChI is InChI=1S/C13H29NO/c1-6-9-10-13(15-12(4)5)11-14(7-2)8-3/h12-13H,6-11H2,1-5H3. The fourth-order valence-electron chi connectivity index (χ4n) is 1.79. The fraction of sp³-hybridized carbons (Fsp3) is 1.00. The monoisotopic (exact) mass is 215 g/mol. The number of nitrogens with zero attached hydrogens (tertiary/aromatic N) is 1. The molecule has 0 aliphatic heterocycles. The van der Waals surface area contributed by atoms with E-state index >= 15 is 0 Å². The van der Waals surface area contributed by atoms with Crippen LogP contribution in [0.15, 0.2) is 0 Å². The van der Waals surface area contributed by atoms with Gasteiger partial charge in [0.15, 0.2) is 0 Å². The molecule has 1 atom stereocenters. The molecule has 0 heterocycles. The maximum absolute atomic E-state index is 5.94. The van der Waals surface area contributed by atoms with Crippen LogP contribution in [0.2, 0.25) is 0 Å². The molecule has 0 aliphatic rings. The quantitative estimate of drug-likeness (QED) is 0.585. The second-order valence-electron chi connectivity index (χ2n) is 4.43. The van der Waals surface area contributed by atoms with Crippen molar-refractivity contribution in [2.24, 2.45) is 0 Å². The summed E-state index contributed by atoms with van der Waals surface area (Å²) in [5.41, 5.74) is 0. The van der Waals surface area contributed by atoms with Crippen molar-refractivity contribution in [2.75, 3.05) is 19.6 Å². The summed E-state index contributed by atoms with van der Waals surface area (Å²) in [7, 11) is 0. The van der Waals surface area contributed by atoms with Crippen molar-refractivity contribution in [3.63, 3.8) is 0 Å². The predicted octanol–water partition coefficient (Wildman–Crippen LogP) is 3.31. The average Bonchev–Trinajstić information content (AvgIpc) is 2.21. The maximum atomic E-state index is 5.94. The van der Waals surface area contributed by atoms with Gasteiger partial charge in [-0.15, -0.1) is 0 Å². The van der Waals surface area contributed by atoms with Crippen LogP contribution < -0.4 is 0 Å². The zero-order valence-electron chi connectivity index (χ0n) is 11.3. The fourth-order valence-corrected chi connectivity index (χ4v) is 1.79. The topological polar surface area (TPSA) is 12.5 Å². The first kappa shape index (κ1) is 14.9. The molecule has 0 aliphatic carbocycles. The molecule has 0 N–H and O–H groups in total. The zero-order chi connectivity index (χ0) is 11.7. The van der Waals surface area contributed by atoms with Crippen LogP contribution in [0.4, 0.5) is 0 Å². The van der Waals surface area contributed by atoms with Gasteiger partial charge >= 0.3 is 0 Å². The molecule has 1 unspecified atom stereocenters. The van der Waals surface area contributed by atoms with E-state index in [1.165, 1.54) is 19.3 Å². The molecule has 2 nitrogen and oxygen atoms in total. The van der Waals surface area contributed by atoms with Gasteiger partial charge in [0.05, 0.1) is 12.2 Å². The highest BCUT2D eigenvalue weighted by molar-refractivity contribution is 4.65. The Morgan fingerprint density at radius 3 is 2.07 bits per heavy atom. The van der Waals surface area contributed by atoms with Crippen molar-refractivity contribution in [3.05, 3.63) is 0 Å². The first-order valence-electron chi connectivity index (χ1n) is 6.51. The lowest BCUT2D eigenvalue weighted by Crippen LogP contribution is -2.35. The molecule has 0 spiro atoms. The molecule has 0 aromatic carbocycles. The zero-order valence-corrected chi connectivity index (χ0v) is 11.3. The Kier molecular flexibility index (Phi) is 9.12. The molecule has 0 rings (SSSR count). The van der Waals surface area contributed by atoms with Crippen LogP contribution in [0.5, 0.6) is 0 Å². The molecule has 92 valence electrons. The molecular formula is C13H29NO. The van der Waals surface area contributed by atoms with Crippen LogP contribution in [0.3, 0.4) is 0 Å². The van der Waals surface area contributed by atoms with Crippen LogP contribution in [0, 0.1) is 0 Å². The lowest BCUT2D eigenvalue weighted by molar-refractivity contribution is -0.0157. The van der Waals surface area contributed by atoms with Crippen LogP contribution in [-0.2, 0) is 4.74 Å². The van der Waals surface area contributed by atoms with Gasteiger partial charge in [-0.1, -0.05) is 33.6 Å². The second-order valence-corrected chi connectivity index (χ2v) is 4.43. The maximum Gasteiger partial charge on any atom is 0.0705 e. The lowest BCUT2D eigenvalue weighted by atomic mass is 10.1. The van der Waals surface area contributed by atoms with Crippen molar-refractivity contribution >= 4 is 0 Å². The summed E-state index contributed by atoms with van der Waals surface area (Å²) < 4.78 is 5.94. The van der Waals surface area contributed by atoms with Gasteiger partial charge in [-0.05, 0) is 33.4 Å². The molecule has 0 saturated carbocycles. The van der Waals surface area contributed by atoms with Gasteiger partial charge in [-0.2, -0.15) is 0 Å². The average molecular weight is 215 g/mol. The molecule has 2 heteroatoms. The van der Waals surface area contributed by atoms with Crippen LogP contribution in [0.25, 0.3) is 0 Å². The van der Waals surface area contributed by atoms with E-state index in [0.717, 1.165) is 19.6 Å².